The van der Waals surface area contributed by atoms with Crippen LogP contribution in [-0.2, 0) is 0 Å². The highest BCUT2D eigenvalue weighted by molar-refractivity contribution is 5.92. The Hall–Kier alpha value is -2.49. The van der Waals surface area contributed by atoms with Gasteiger partial charge in [0.1, 0.15) is 17.9 Å². The molecule has 3 rings (SSSR count). The van der Waals surface area contributed by atoms with Crippen LogP contribution < -0.4 is 0 Å². The highest BCUT2D eigenvalue weighted by atomic mass is 19.1. The van der Waals surface area contributed by atoms with Crippen LogP contribution in [0.2, 0.25) is 0 Å². The second-order valence-electron chi connectivity index (χ2n) is 3.93. The second kappa shape index (κ2) is 4.07. The van der Waals surface area contributed by atoms with Crippen molar-refractivity contribution in [1.29, 1.82) is 0 Å². The summed E-state index contributed by atoms with van der Waals surface area (Å²) in [6.45, 7) is 0. The van der Waals surface area contributed by atoms with E-state index >= 15 is 0 Å². The summed E-state index contributed by atoms with van der Waals surface area (Å²) < 4.78 is 13.2. The molecular weight excluding hydrogens is 231 g/mol. The first-order valence-electron chi connectivity index (χ1n) is 5.44. The van der Waals surface area contributed by atoms with E-state index in [1.165, 1.54) is 18.5 Å². The number of halogens is 1. The van der Waals surface area contributed by atoms with Crippen molar-refractivity contribution in [2.75, 3.05) is 0 Å². The lowest BCUT2D eigenvalue weighted by molar-refractivity contribution is 0.476. The highest BCUT2D eigenvalue weighted by Gasteiger charge is 2.07. The van der Waals surface area contributed by atoms with E-state index in [9.17, 15) is 9.50 Å². The van der Waals surface area contributed by atoms with Crippen molar-refractivity contribution < 1.29 is 9.50 Å². The lowest BCUT2D eigenvalue weighted by Crippen LogP contribution is -1.89. The molecule has 0 saturated carbocycles. The third-order valence-corrected chi connectivity index (χ3v) is 2.72. The molecule has 1 aromatic heterocycles. The molecule has 2 aromatic carbocycles. The number of rotatable bonds is 1. The largest absolute Gasteiger partial charge is 0.508 e. The fourth-order valence-electron chi connectivity index (χ4n) is 1.91. The Morgan fingerprint density at radius 2 is 1.89 bits per heavy atom. The molecule has 0 bridgehead atoms. The average Bonchev–Trinajstić information content (AvgIpc) is 2.38. The fraction of sp³-hybridized carbons (Fsp3) is 0. The Kier molecular flexibility index (Phi) is 2.41. The molecule has 0 amide bonds. The summed E-state index contributed by atoms with van der Waals surface area (Å²) in [6.07, 6.45) is 1.43. The monoisotopic (exact) mass is 240 g/mol. The maximum Gasteiger partial charge on any atom is 0.123 e. The topological polar surface area (TPSA) is 46.0 Å². The predicted molar refractivity (Wildman–Crippen MR) is 66.6 cm³/mol. The van der Waals surface area contributed by atoms with Crippen LogP contribution >= 0.6 is 0 Å². The molecule has 1 N–H and O–H groups in total. The van der Waals surface area contributed by atoms with Gasteiger partial charge in [0, 0.05) is 10.9 Å². The number of benzene rings is 2. The summed E-state index contributed by atoms with van der Waals surface area (Å²) in [5.41, 5.74) is 1.98. The van der Waals surface area contributed by atoms with Gasteiger partial charge in [-0.2, -0.15) is 0 Å². The summed E-state index contributed by atoms with van der Waals surface area (Å²) in [5.74, 6) is -0.186. The van der Waals surface area contributed by atoms with Gasteiger partial charge in [-0.1, -0.05) is 12.1 Å². The summed E-state index contributed by atoms with van der Waals surface area (Å²) in [4.78, 5) is 8.29. The van der Waals surface area contributed by atoms with E-state index in [2.05, 4.69) is 9.97 Å². The van der Waals surface area contributed by atoms with Gasteiger partial charge < -0.3 is 5.11 Å². The Bertz CT molecular complexity index is 728. The predicted octanol–water partition coefficient (Wildman–Crippen LogP) is 3.14. The van der Waals surface area contributed by atoms with Crippen LogP contribution in [0.5, 0.6) is 5.75 Å². The van der Waals surface area contributed by atoms with Gasteiger partial charge in [0.2, 0.25) is 0 Å². The zero-order valence-corrected chi connectivity index (χ0v) is 9.34. The van der Waals surface area contributed by atoms with E-state index in [-0.39, 0.29) is 11.6 Å². The second-order valence-corrected chi connectivity index (χ2v) is 3.93. The maximum absolute atomic E-state index is 13.2. The van der Waals surface area contributed by atoms with Crippen LogP contribution in [0.15, 0.2) is 48.8 Å². The Labute approximate surface area is 103 Å². The molecule has 88 valence electrons. The van der Waals surface area contributed by atoms with E-state index < -0.39 is 0 Å². The quantitative estimate of drug-likeness (QED) is 0.710. The number of aromatic nitrogens is 2. The van der Waals surface area contributed by atoms with Crippen molar-refractivity contribution in [1.82, 2.24) is 9.97 Å². The van der Waals surface area contributed by atoms with Gasteiger partial charge in [0.15, 0.2) is 0 Å². The molecule has 1 heterocycles. The lowest BCUT2D eigenvalue weighted by atomic mass is 10.1. The lowest BCUT2D eigenvalue weighted by Gasteiger charge is -2.05. The van der Waals surface area contributed by atoms with E-state index in [4.69, 9.17) is 0 Å². The zero-order valence-electron chi connectivity index (χ0n) is 9.34. The van der Waals surface area contributed by atoms with Gasteiger partial charge in [-0.3, -0.25) is 0 Å². The molecule has 0 aliphatic heterocycles. The number of phenolic OH excluding ortho intramolecular Hbond substituents is 1. The average molecular weight is 240 g/mol. The molecule has 0 spiro atoms. The Morgan fingerprint density at radius 3 is 2.72 bits per heavy atom. The van der Waals surface area contributed by atoms with E-state index in [1.54, 1.807) is 30.3 Å². The number of fused-ring (bicyclic) bond motifs is 1. The summed E-state index contributed by atoms with van der Waals surface area (Å²) in [5, 5.41) is 10.2. The van der Waals surface area contributed by atoms with Gasteiger partial charge >= 0.3 is 0 Å². The van der Waals surface area contributed by atoms with Crippen LogP contribution in [0.3, 0.4) is 0 Å². The van der Waals surface area contributed by atoms with Crippen molar-refractivity contribution in [2.45, 2.75) is 0 Å². The molecule has 0 saturated heterocycles. The Morgan fingerprint density at radius 1 is 1.00 bits per heavy atom. The minimum absolute atomic E-state index is 0.134. The van der Waals surface area contributed by atoms with Gasteiger partial charge in [-0.25, -0.2) is 14.4 Å². The van der Waals surface area contributed by atoms with E-state index in [1.807, 2.05) is 0 Å². The van der Waals surface area contributed by atoms with Gasteiger partial charge in [0.25, 0.3) is 0 Å². The number of aromatic hydroxyl groups is 1. The van der Waals surface area contributed by atoms with Crippen molar-refractivity contribution in [3.8, 4) is 17.0 Å². The molecule has 4 heteroatoms. The minimum Gasteiger partial charge on any atom is -0.508 e. The van der Waals surface area contributed by atoms with Crippen molar-refractivity contribution in [3.05, 3.63) is 54.6 Å². The van der Waals surface area contributed by atoms with Gasteiger partial charge in [-0.05, 0) is 30.3 Å². The number of hydrogen-bond acceptors (Lipinski definition) is 3. The standard InChI is InChI=1S/C14H9FN2O/c15-10-3-1-2-9(6-10)14-12-7-11(18)4-5-13(12)16-8-17-14/h1-8,18H. The van der Waals surface area contributed by atoms with Crippen LogP contribution in [0.25, 0.3) is 22.2 Å². The zero-order chi connectivity index (χ0) is 12.5. The third-order valence-electron chi connectivity index (χ3n) is 2.72. The normalized spacial score (nSPS) is 10.7. The minimum atomic E-state index is -0.320. The van der Waals surface area contributed by atoms with Crippen LogP contribution in [0.4, 0.5) is 4.39 Å². The molecule has 0 atom stereocenters. The van der Waals surface area contributed by atoms with Crippen molar-refractivity contribution in [2.24, 2.45) is 0 Å². The van der Waals surface area contributed by atoms with Crippen LogP contribution in [0, 0.1) is 5.82 Å². The molecule has 18 heavy (non-hydrogen) atoms. The maximum atomic E-state index is 13.2. The SMILES string of the molecule is Oc1ccc2ncnc(-c3cccc(F)c3)c2c1. The molecule has 0 aliphatic carbocycles. The first kappa shape index (κ1) is 10.7. The van der Waals surface area contributed by atoms with Crippen LogP contribution in [-0.4, -0.2) is 15.1 Å². The number of nitrogens with zero attached hydrogens (tertiary/aromatic N) is 2. The Balaban J connectivity index is 2.32. The highest BCUT2D eigenvalue weighted by Crippen LogP contribution is 2.28. The number of phenols is 1. The molecular formula is C14H9FN2O. The van der Waals surface area contributed by atoms with Crippen molar-refractivity contribution >= 4 is 10.9 Å². The summed E-state index contributed by atoms with van der Waals surface area (Å²) in [6, 6.07) is 11.0. The summed E-state index contributed by atoms with van der Waals surface area (Å²) in [7, 11) is 0. The third kappa shape index (κ3) is 1.78. The smallest absolute Gasteiger partial charge is 0.123 e. The first-order chi connectivity index (χ1) is 8.74. The molecule has 0 fully saturated rings. The summed E-state index contributed by atoms with van der Waals surface area (Å²) >= 11 is 0. The number of hydrogen-bond donors (Lipinski definition) is 1. The first-order valence-corrected chi connectivity index (χ1v) is 5.44. The molecule has 0 radical (unpaired) electrons. The van der Waals surface area contributed by atoms with E-state index in [0.717, 1.165) is 0 Å². The molecule has 3 aromatic rings. The fourth-order valence-corrected chi connectivity index (χ4v) is 1.91. The van der Waals surface area contributed by atoms with Gasteiger partial charge in [-0.15, -0.1) is 0 Å². The van der Waals surface area contributed by atoms with Crippen molar-refractivity contribution in [3.63, 3.8) is 0 Å². The van der Waals surface area contributed by atoms with Gasteiger partial charge in [0.05, 0.1) is 11.2 Å². The molecule has 3 nitrogen and oxygen atoms in total. The molecule has 0 unspecified atom stereocenters. The van der Waals surface area contributed by atoms with E-state index in [0.29, 0.717) is 22.2 Å². The van der Waals surface area contributed by atoms with Crippen LogP contribution in [0.1, 0.15) is 0 Å². The molecule has 0 aliphatic rings.